The van der Waals surface area contributed by atoms with Crippen LogP contribution in [0, 0.1) is 0 Å². The van der Waals surface area contributed by atoms with Crippen LogP contribution in [0.2, 0.25) is 0 Å². The summed E-state index contributed by atoms with van der Waals surface area (Å²) in [4.78, 5) is 0. The van der Waals surface area contributed by atoms with Crippen molar-refractivity contribution in [1.82, 2.24) is 0 Å². The highest BCUT2D eigenvalue weighted by Gasteiger charge is 2.30. The summed E-state index contributed by atoms with van der Waals surface area (Å²) in [6.45, 7) is 6.84. The van der Waals surface area contributed by atoms with Gasteiger partial charge in [0, 0.05) is 5.41 Å². The van der Waals surface area contributed by atoms with Crippen LogP contribution in [0.15, 0.2) is 42.0 Å². The normalized spacial score (nSPS) is 17.3. The number of fused-ring (bicyclic) bond motifs is 3. The lowest BCUT2D eigenvalue weighted by Crippen LogP contribution is -2.15. The standard InChI is InChI=1S/C16H16/c1-11-10-14-13-7-5-4-6-12(13)8-9-15(14)16(11,2)3/h4-10H,1-3H3. The SMILES string of the molecule is CC1=Cc2c(ccc3ccccc23)C1(C)C. The zero-order valence-corrected chi connectivity index (χ0v) is 10.0. The monoisotopic (exact) mass is 208 g/mol. The molecule has 0 nitrogen and oxygen atoms in total. The molecule has 0 N–H and O–H groups in total. The van der Waals surface area contributed by atoms with Crippen molar-refractivity contribution in [2.24, 2.45) is 0 Å². The Bertz CT molecular complexity index is 600. The average molecular weight is 208 g/mol. The molecule has 0 radical (unpaired) electrons. The smallest absolute Gasteiger partial charge is 0.0112 e. The van der Waals surface area contributed by atoms with E-state index in [-0.39, 0.29) is 5.41 Å². The maximum atomic E-state index is 2.34. The minimum atomic E-state index is 0.194. The summed E-state index contributed by atoms with van der Waals surface area (Å²) in [5.74, 6) is 0. The third-order valence-corrected chi connectivity index (χ3v) is 3.99. The van der Waals surface area contributed by atoms with E-state index in [0.717, 1.165) is 0 Å². The van der Waals surface area contributed by atoms with E-state index in [9.17, 15) is 0 Å². The quantitative estimate of drug-likeness (QED) is 0.596. The van der Waals surface area contributed by atoms with Gasteiger partial charge in [-0.15, -0.1) is 0 Å². The first kappa shape index (κ1) is 9.65. The van der Waals surface area contributed by atoms with Crippen molar-refractivity contribution in [2.45, 2.75) is 26.2 Å². The van der Waals surface area contributed by atoms with Crippen LogP contribution in [-0.4, -0.2) is 0 Å². The minimum Gasteiger partial charge on any atom is -0.0626 e. The molecule has 0 unspecified atom stereocenters. The lowest BCUT2D eigenvalue weighted by atomic mass is 9.81. The third-order valence-electron chi connectivity index (χ3n) is 3.99. The van der Waals surface area contributed by atoms with E-state index in [0.29, 0.717) is 0 Å². The molecule has 0 bridgehead atoms. The number of benzene rings is 2. The van der Waals surface area contributed by atoms with Crippen LogP contribution >= 0.6 is 0 Å². The summed E-state index contributed by atoms with van der Waals surface area (Å²) < 4.78 is 0. The molecule has 0 aromatic heterocycles. The van der Waals surface area contributed by atoms with E-state index in [2.05, 4.69) is 63.2 Å². The molecule has 0 aliphatic heterocycles. The van der Waals surface area contributed by atoms with E-state index in [4.69, 9.17) is 0 Å². The molecule has 0 fully saturated rings. The number of rotatable bonds is 0. The summed E-state index contributed by atoms with van der Waals surface area (Å²) in [6.07, 6.45) is 2.34. The molecule has 2 aromatic rings. The Kier molecular flexibility index (Phi) is 1.79. The van der Waals surface area contributed by atoms with Crippen LogP contribution in [0.25, 0.3) is 16.8 Å². The van der Waals surface area contributed by atoms with Crippen molar-refractivity contribution in [1.29, 1.82) is 0 Å². The molecular weight excluding hydrogens is 192 g/mol. The van der Waals surface area contributed by atoms with E-state index < -0.39 is 0 Å². The minimum absolute atomic E-state index is 0.194. The molecule has 0 spiro atoms. The first-order valence-corrected chi connectivity index (χ1v) is 5.82. The lowest BCUT2D eigenvalue weighted by molar-refractivity contribution is 0.640. The van der Waals surface area contributed by atoms with Crippen molar-refractivity contribution < 1.29 is 0 Å². The van der Waals surface area contributed by atoms with Crippen LogP contribution in [0.4, 0.5) is 0 Å². The van der Waals surface area contributed by atoms with Crippen molar-refractivity contribution in [3.63, 3.8) is 0 Å². The predicted octanol–water partition coefficient (Wildman–Crippen LogP) is 4.53. The van der Waals surface area contributed by atoms with Gasteiger partial charge >= 0.3 is 0 Å². The fourth-order valence-electron chi connectivity index (χ4n) is 2.61. The Morgan fingerprint density at radius 1 is 0.938 bits per heavy atom. The van der Waals surface area contributed by atoms with Crippen LogP contribution in [-0.2, 0) is 5.41 Å². The maximum absolute atomic E-state index is 2.34. The first-order chi connectivity index (χ1) is 7.60. The molecule has 0 heterocycles. The largest absolute Gasteiger partial charge is 0.0626 e. The first-order valence-electron chi connectivity index (χ1n) is 5.82. The Balaban J connectivity index is 2.43. The highest BCUT2D eigenvalue weighted by atomic mass is 14.3. The van der Waals surface area contributed by atoms with Gasteiger partial charge < -0.3 is 0 Å². The molecule has 1 aliphatic rings. The Morgan fingerprint density at radius 3 is 2.50 bits per heavy atom. The molecule has 0 saturated heterocycles. The average Bonchev–Trinajstić information content (AvgIpc) is 2.51. The van der Waals surface area contributed by atoms with Crippen LogP contribution < -0.4 is 0 Å². The summed E-state index contributed by atoms with van der Waals surface area (Å²) in [5.41, 5.74) is 4.53. The van der Waals surface area contributed by atoms with Crippen LogP contribution in [0.5, 0.6) is 0 Å². The van der Waals surface area contributed by atoms with Crippen molar-refractivity contribution in [2.75, 3.05) is 0 Å². The topological polar surface area (TPSA) is 0 Å². The molecule has 16 heavy (non-hydrogen) atoms. The second-order valence-corrected chi connectivity index (χ2v) is 5.20. The van der Waals surface area contributed by atoms with E-state index in [1.165, 1.54) is 27.5 Å². The van der Waals surface area contributed by atoms with Gasteiger partial charge in [0.1, 0.15) is 0 Å². The molecule has 0 amide bonds. The molecular formula is C16H16. The van der Waals surface area contributed by atoms with Gasteiger partial charge in [0.2, 0.25) is 0 Å². The number of hydrogen-bond acceptors (Lipinski definition) is 0. The fourth-order valence-corrected chi connectivity index (χ4v) is 2.61. The van der Waals surface area contributed by atoms with Crippen LogP contribution in [0.1, 0.15) is 31.9 Å². The van der Waals surface area contributed by atoms with Gasteiger partial charge in [0.25, 0.3) is 0 Å². The van der Waals surface area contributed by atoms with Gasteiger partial charge in [0.15, 0.2) is 0 Å². The van der Waals surface area contributed by atoms with Gasteiger partial charge in [-0.1, -0.05) is 61.9 Å². The summed E-state index contributed by atoms with van der Waals surface area (Å²) >= 11 is 0. The molecule has 0 heteroatoms. The molecule has 0 saturated carbocycles. The molecule has 80 valence electrons. The second-order valence-electron chi connectivity index (χ2n) is 5.20. The molecule has 0 atom stereocenters. The third kappa shape index (κ3) is 1.10. The highest BCUT2D eigenvalue weighted by Crippen LogP contribution is 2.43. The van der Waals surface area contributed by atoms with Gasteiger partial charge in [-0.2, -0.15) is 0 Å². The zero-order valence-electron chi connectivity index (χ0n) is 10.0. The second kappa shape index (κ2) is 2.98. The van der Waals surface area contributed by atoms with Gasteiger partial charge in [-0.05, 0) is 28.8 Å². The van der Waals surface area contributed by atoms with Gasteiger partial charge in [-0.3, -0.25) is 0 Å². The highest BCUT2D eigenvalue weighted by molar-refractivity contribution is 5.94. The van der Waals surface area contributed by atoms with Gasteiger partial charge in [-0.25, -0.2) is 0 Å². The number of hydrogen-bond donors (Lipinski definition) is 0. The van der Waals surface area contributed by atoms with Gasteiger partial charge in [0.05, 0.1) is 0 Å². The maximum Gasteiger partial charge on any atom is 0.0112 e. The van der Waals surface area contributed by atoms with Crippen molar-refractivity contribution in [3.05, 3.63) is 53.1 Å². The molecule has 1 aliphatic carbocycles. The Morgan fingerprint density at radius 2 is 1.69 bits per heavy atom. The van der Waals surface area contributed by atoms with Crippen molar-refractivity contribution >= 4 is 16.8 Å². The molecule has 3 rings (SSSR count). The fraction of sp³-hybridized carbons (Fsp3) is 0.250. The van der Waals surface area contributed by atoms with Crippen molar-refractivity contribution in [3.8, 4) is 0 Å². The van der Waals surface area contributed by atoms with Crippen LogP contribution in [0.3, 0.4) is 0 Å². The predicted molar refractivity (Wildman–Crippen MR) is 70.6 cm³/mol. The lowest BCUT2D eigenvalue weighted by Gasteiger charge is -2.22. The number of allylic oxidation sites excluding steroid dienone is 1. The van der Waals surface area contributed by atoms with E-state index >= 15 is 0 Å². The molecule has 2 aromatic carbocycles. The summed E-state index contributed by atoms with van der Waals surface area (Å²) in [7, 11) is 0. The van der Waals surface area contributed by atoms with E-state index in [1.807, 2.05) is 0 Å². The summed E-state index contributed by atoms with van der Waals surface area (Å²) in [5, 5.41) is 2.72. The van der Waals surface area contributed by atoms with E-state index in [1.54, 1.807) is 0 Å². The Labute approximate surface area is 96.6 Å². The summed E-state index contributed by atoms with van der Waals surface area (Å²) in [6, 6.07) is 13.2. The zero-order chi connectivity index (χ0) is 11.3. The Hall–Kier alpha value is -1.56.